The number of benzene rings is 1. The lowest BCUT2D eigenvalue weighted by Gasteiger charge is -2.16. The Morgan fingerprint density at radius 3 is 2.33 bits per heavy atom. The van der Waals surface area contributed by atoms with Crippen LogP contribution in [0.15, 0.2) is 24.3 Å². The van der Waals surface area contributed by atoms with E-state index in [9.17, 15) is 0 Å². The summed E-state index contributed by atoms with van der Waals surface area (Å²) >= 11 is 0. The summed E-state index contributed by atoms with van der Waals surface area (Å²) in [5, 5.41) is 3.51. The van der Waals surface area contributed by atoms with Crippen molar-refractivity contribution >= 4 is 0 Å². The summed E-state index contributed by atoms with van der Waals surface area (Å²) in [6, 6.07) is 8.31. The normalized spacial score (nSPS) is 12.2. The summed E-state index contributed by atoms with van der Waals surface area (Å²) in [4.78, 5) is 0. The highest BCUT2D eigenvalue weighted by atomic mass is 16.5. The van der Waals surface area contributed by atoms with Crippen molar-refractivity contribution in [1.29, 1.82) is 0 Å². The van der Waals surface area contributed by atoms with Crippen LogP contribution in [0.5, 0.6) is 11.5 Å². The van der Waals surface area contributed by atoms with Gasteiger partial charge in [0.1, 0.15) is 18.1 Å². The molecule has 0 aliphatic rings. The van der Waals surface area contributed by atoms with Crippen molar-refractivity contribution in [3.63, 3.8) is 0 Å². The van der Waals surface area contributed by atoms with Crippen molar-refractivity contribution in [2.24, 2.45) is 0 Å². The van der Waals surface area contributed by atoms with Crippen LogP contribution in [0.1, 0.15) is 33.1 Å². The Morgan fingerprint density at radius 2 is 1.78 bits per heavy atom. The third kappa shape index (κ3) is 5.41. The number of rotatable bonds is 9. The molecular weight excluding hydrogens is 226 g/mol. The second-order valence-corrected chi connectivity index (χ2v) is 4.37. The van der Waals surface area contributed by atoms with E-state index < -0.39 is 0 Å². The lowest BCUT2D eigenvalue weighted by Crippen LogP contribution is -2.31. The zero-order chi connectivity index (χ0) is 13.2. The molecule has 1 aromatic carbocycles. The van der Waals surface area contributed by atoms with Gasteiger partial charge in [-0.25, -0.2) is 0 Å². The summed E-state index contributed by atoms with van der Waals surface area (Å²) in [6.07, 6.45) is 3.64. The Bertz CT molecular complexity index is 311. The van der Waals surface area contributed by atoms with E-state index in [1.54, 1.807) is 7.11 Å². The molecule has 1 rings (SSSR count). The van der Waals surface area contributed by atoms with Gasteiger partial charge in [0.25, 0.3) is 0 Å². The van der Waals surface area contributed by atoms with Crippen molar-refractivity contribution < 1.29 is 9.47 Å². The van der Waals surface area contributed by atoms with E-state index >= 15 is 0 Å². The van der Waals surface area contributed by atoms with Gasteiger partial charge in [0.15, 0.2) is 0 Å². The molecule has 1 unspecified atom stereocenters. The molecule has 1 aromatic rings. The van der Waals surface area contributed by atoms with Crippen LogP contribution in [0.4, 0.5) is 0 Å². The van der Waals surface area contributed by atoms with Crippen LogP contribution < -0.4 is 14.8 Å². The quantitative estimate of drug-likeness (QED) is 0.683. The van der Waals surface area contributed by atoms with Gasteiger partial charge in [0, 0.05) is 12.6 Å². The monoisotopic (exact) mass is 251 g/mol. The van der Waals surface area contributed by atoms with Gasteiger partial charge in [-0.05, 0) is 37.1 Å². The molecule has 0 saturated carbocycles. The van der Waals surface area contributed by atoms with Gasteiger partial charge < -0.3 is 14.8 Å². The van der Waals surface area contributed by atoms with Crippen molar-refractivity contribution in [2.45, 2.75) is 39.2 Å². The van der Waals surface area contributed by atoms with Gasteiger partial charge in [0.05, 0.1) is 7.11 Å². The lowest BCUT2D eigenvalue weighted by molar-refractivity contribution is 0.300. The van der Waals surface area contributed by atoms with Gasteiger partial charge in [-0.1, -0.05) is 20.3 Å². The highest BCUT2D eigenvalue weighted by molar-refractivity contribution is 5.31. The highest BCUT2D eigenvalue weighted by Crippen LogP contribution is 2.16. The maximum atomic E-state index is 5.66. The predicted molar refractivity (Wildman–Crippen MR) is 75.5 cm³/mol. The van der Waals surface area contributed by atoms with Gasteiger partial charge in [-0.15, -0.1) is 0 Å². The third-order valence-corrected chi connectivity index (χ3v) is 2.99. The van der Waals surface area contributed by atoms with Crippen LogP contribution in [0.25, 0.3) is 0 Å². The van der Waals surface area contributed by atoms with E-state index in [2.05, 4.69) is 19.2 Å². The number of methoxy groups -OCH3 is 1. The minimum atomic E-state index is 0.620. The molecule has 0 fully saturated rings. The van der Waals surface area contributed by atoms with Crippen molar-refractivity contribution in [3.8, 4) is 11.5 Å². The van der Waals surface area contributed by atoms with Crippen molar-refractivity contribution in [3.05, 3.63) is 24.3 Å². The standard InChI is InChI=1S/C15H25NO2/c1-4-6-13(5-2)16-11-12-18-15-9-7-14(17-3)8-10-15/h7-10,13,16H,4-6,11-12H2,1-3H3. The average molecular weight is 251 g/mol. The molecule has 0 radical (unpaired) electrons. The molecular formula is C15H25NO2. The van der Waals surface area contributed by atoms with Crippen LogP contribution in [-0.4, -0.2) is 26.3 Å². The number of hydrogen-bond acceptors (Lipinski definition) is 3. The highest BCUT2D eigenvalue weighted by Gasteiger charge is 2.03. The molecule has 0 aromatic heterocycles. The molecule has 1 atom stereocenters. The molecule has 0 heterocycles. The fourth-order valence-electron chi connectivity index (χ4n) is 1.90. The van der Waals surface area contributed by atoms with Gasteiger partial charge in [-0.3, -0.25) is 0 Å². The van der Waals surface area contributed by atoms with E-state index in [1.165, 1.54) is 19.3 Å². The average Bonchev–Trinajstić information content (AvgIpc) is 2.43. The maximum absolute atomic E-state index is 5.66. The summed E-state index contributed by atoms with van der Waals surface area (Å²) in [6.45, 7) is 6.03. The molecule has 0 aliphatic carbocycles. The molecule has 3 heteroatoms. The van der Waals surface area contributed by atoms with E-state index in [0.29, 0.717) is 12.6 Å². The summed E-state index contributed by atoms with van der Waals surface area (Å²) < 4.78 is 10.8. The topological polar surface area (TPSA) is 30.5 Å². The minimum absolute atomic E-state index is 0.620. The molecule has 0 spiro atoms. The predicted octanol–water partition coefficient (Wildman–Crippen LogP) is 3.24. The molecule has 0 aliphatic heterocycles. The second-order valence-electron chi connectivity index (χ2n) is 4.37. The molecule has 102 valence electrons. The van der Waals surface area contributed by atoms with Gasteiger partial charge in [0.2, 0.25) is 0 Å². The van der Waals surface area contributed by atoms with Crippen molar-refractivity contribution in [2.75, 3.05) is 20.3 Å². The van der Waals surface area contributed by atoms with E-state index in [4.69, 9.17) is 9.47 Å². The molecule has 3 nitrogen and oxygen atoms in total. The number of nitrogens with one attached hydrogen (secondary N) is 1. The fourth-order valence-corrected chi connectivity index (χ4v) is 1.90. The number of ether oxygens (including phenoxy) is 2. The third-order valence-electron chi connectivity index (χ3n) is 2.99. The first-order valence-electron chi connectivity index (χ1n) is 6.80. The van der Waals surface area contributed by atoms with Crippen LogP contribution in [-0.2, 0) is 0 Å². The maximum Gasteiger partial charge on any atom is 0.119 e. The second kappa shape index (κ2) is 8.81. The Labute approximate surface area is 110 Å². The van der Waals surface area contributed by atoms with E-state index in [1.807, 2.05) is 24.3 Å². The van der Waals surface area contributed by atoms with Crippen LogP contribution >= 0.6 is 0 Å². The molecule has 18 heavy (non-hydrogen) atoms. The smallest absolute Gasteiger partial charge is 0.119 e. The zero-order valence-electron chi connectivity index (χ0n) is 11.7. The fraction of sp³-hybridized carbons (Fsp3) is 0.600. The number of hydrogen-bond donors (Lipinski definition) is 1. The van der Waals surface area contributed by atoms with Gasteiger partial charge >= 0.3 is 0 Å². The Hall–Kier alpha value is -1.22. The van der Waals surface area contributed by atoms with Crippen LogP contribution in [0.2, 0.25) is 0 Å². The lowest BCUT2D eigenvalue weighted by atomic mass is 10.1. The SMILES string of the molecule is CCCC(CC)NCCOc1ccc(OC)cc1. The van der Waals surface area contributed by atoms with Crippen molar-refractivity contribution in [1.82, 2.24) is 5.32 Å². The van der Waals surface area contributed by atoms with Crippen LogP contribution in [0.3, 0.4) is 0 Å². The van der Waals surface area contributed by atoms with E-state index in [0.717, 1.165) is 18.0 Å². The van der Waals surface area contributed by atoms with E-state index in [-0.39, 0.29) is 0 Å². The minimum Gasteiger partial charge on any atom is -0.497 e. The largest absolute Gasteiger partial charge is 0.497 e. The first kappa shape index (κ1) is 14.8. The molecule has 0 amide bonds. The first-order chi connectivity index (χ1) is 8.80. The van der Waals surface area contributed by atoms with Gasteiger partial charge in [-0.2, -0.15) is 0 Å². The Balaban J connectivity index is 2.20. The molecule has 0 saturated heterocycles. The molecule has 0 bridgehead atoms. The first-order valence-corrected chi connectivity index (χ1v) is 6.80. The Kier molecular flexibility index (Phi) is 7.26. The zero-order valence-corrected chi connectivity index (χ0v) is 11.7. The Morgan fingerprint density at radius 1 is 1.11 bits per heavy atom. The molecule has 1 N–H and O–H groups in total. The summed E-state index contributed by atoms with van der Waals surface area (Å²) in [5.41, 5.74) is 0. The summed E-state index contributed by atoms with van der Waals surface area (Å²) in [5.74, 6) is 1.75. The summed E-state index contributed by atoms with van der Waals surface area (Å²) in [7, 11) is 1.67. The van der Waals surface area contributed by atoms with Crippen LogP contribution in [0, 0.1) is 0 Å².